The Hall–Kier alpha value is -2.14. The first kappa shape index (κ1) is 15.7. The second kappa shape index (κ2) is 6.54. The van der Waals surface area contributed by atoms with E-state index in [9.17, 15) is 9.90 Å². The fourth-order valence-corrected chi connectivity index (χ4v) is 3.17. The molecular formula is C18H22N2O3. The number of nitrogens with zero attached hydrogens (tertiary/aromatic N) is 1. The number of aryl methyl sites for hydroxylation is 2. The van der Waals surface area contributed by atoms with Gasteiger partial charge in [-0.1, -0.05) is 0 Å². The number of nitrogens with one attached hydrogen (secondary N) is 1. The van der Waals surface area contributed by atoms with E-state index < -0.39 is 0 Å². The first-order valence-corrected chi connectivity index (χ1v) is 7.98. The molecule has 0 spiro atoms. The van der Waals surface area contributed by atoms with Crippen molar-refractivity contribution in [3.63, 3.8) is 0 Å². The van der Waals surface area contributed by atoms with Crippen LogP contribution in [0.3, 0.4) is 0 Å². The number of aromatic nitrogens is 1. The van der Waals surface area contributed by atoms with Crippen LogP contribution in [-0.2, 0) is 6.42 Å². The Kier molecular flexibility index (Phi) is 4.48. The summed E-state index contributed by atoms with van der Waals surface area (Å²) in [6, 6.07) is 5.69. The van der Waals surface area contributed by atoms with Crippen molar-refractivity contribution < 1.29 is 14.3 Å². The lowest BCUT2D eigenvalue weighted by Crippen LogP contribution is -2.48. The maximum atomic E-state index is 12.6. The lowest BCUT2D eigenvalue weighted by molar-refractivity contribution is 0.0239. The Bertz CT molecular complexity index is 675. The number of aliphatic hydroxyl groups is 1. The van der Waals surface area contributed by atoms with Crippen molar-refractivity contribution in [2.75, 3.05) is 0 Å². The van der Waals surface area contributed by atoms with Crippen LogP contribution in [0.2, 0.25) is 0 Å². The Labute approximate surface area is 135 Å². The average molecular weight is 314 g/mol. The first-order chi connectivity index (χ1) is 11.0. The number of aliphatic hydroxyl groups excluding tert-OH is 1. The number of amides is 1. The van der Waals surface area contributed by atoms with Gasteiger partial charge in [-0.2, -0.15) is 0 Å². The van der Waals surface area contributed by atoms with Crippen molar-refractivity contribution >= 4 is 5.91 Å². The summed E-state index contributed by atoms with van der Waals surface area (Å²) >= 11 is 0. The minimum absolute atomic E-state index is 0.00269. The van der Waals surface area contributed by atoms with Crippen molar-refractivity contribution in [2.24, 2.45) is 5.92 Å². The van der Waals surface area contributed by atoms with Crippen LogP contribution < -0.4 is 5.32 Å². The van der Waals surface area contributed by atoms with E-state index in [4.69, 9.17) is 4.42 Å². The molecule has 2 heterocycles. The standard InChI is InChI=1S/C18H22N2O3/c1-11-7-16(12(2)23-11)18(22)20-17(14-9-15(21)10-14)8-13-3-5-19-6-4-13/h3-7,14-15,17,21H,8-10H2,1-2H3,(H,20,22). The molecule has 1 saturated carbocycles. The summed E-state index contributed by atoms with van der Waals surface area (Å²) in [6.45, 7) is 3.63. The molecule has 0 aromatic carbocycles. The molecule has 1 atom stereocenters. The van der Waals surface area contributed by atoms with Gasteiger partial charge in [0, 0.05) is 18.4 Å². The molecule has 0 bridgehead atoms. The van der Waals surface area contributed by atoms with Crippen LogP contribution in [0.1, 0.15) is 40.3 Å². The van der Waals surface area contributed by atoms with Crippen molar-refractivity contribution in [3.05, 3.63) is 53.2 Å². The molecule has 2 N–H and O–H groups in total. The van der Waals surface area contributed by atoms with Crippen LogP contribution in [0.25, 0.3) is 0 Å². The molecule has 1 amide bonds. The van der Waals surface area contributed by atoms with E-state index in [2.05, 4.69) is 10.3 Å². The minimum atomic E-state index is -0.241. The van der Waals surface area contributed by atoms with E-state index in [0.29, 0.717) is 17.2 Å². The lowest BCUT2D eigenvalue weighted by atomic mass is 9.75. The molecule has 1 aliphatic carbocycles. The zero-order valence-corrected chi connectivity index (χ0v) is 13.5. The minimum Gasteiger partial charge on any atom is -0.466 e. The zero-order valence-electron chi connectivity index (χ0n) is 13.5. The fraction of sp³-hybridized carbons (Fsp3) is 0.444. The van der Waals surface area contributed by atoms with Gasteiger partial charge in [-0.05, 0) is 62.8 Å². The normalized spacial score (nSPS) is 21.5. The molecule has 1 unspecified atom stereocenters. The number of carbonyl (C=O) groups excluding carboxylic acids is 1. The summed E-state index contributed by atoms with van der Waals surface area (Å²) in [5.74, 6) is 1.56. The molecule has 5 heteroatoms. The summed E-state index contributed by atoms with van der Waals surface area (Å²) < 4.78 is 5.44. The topological polar surface area (TPSA) is 75.4 Å². The third kappa shape index (κ3) is 3.62. The third-order valence-electron chi connectivity index (χ3n) is 4.53. The quantitative estimate of drug-likeness (QED) is 0.888. The summed E-state index contributed by atoms with van der Waals surface area (Å²) in [6.07, 6.45) is 5.48. The molecule has 2 aromatic heterocycles. The van der Waals surface area contributed by atoms with Gasteiger partial charge in [0.05, 0.1) is 11.7 Å². The lowest BCUT2D eigenvalue weighted by Gasteiger charge is -2.38. The van der Waals surface area contributed by atoms with E-state index >= 15 is 0 Å². The maximum absolute atomic E-state index is 12.6. The van der Waals surface area contributed by atoms with E-state index in [1.165, 1.54) is 0 Å². The molecule has 3 rings (SSSR count). The van der Waals surface area contributed by atoms with Crippen LogP contribution >= 0.6 is 0 Å². The fourth-order valence-electron chi connectivity index (χ4n) is 3.17. The highest BCUT2D eigenvalue weighted by molar-refractivity contribution is 5.95. The average Bonchev–Trinajstić information content (AvgIpc) is 2.83. The molecule has 1 aliphatic rings. The van der Waals surface area contributed by atoms with Crippen LogP contribution in [0.5, 0.6) is 0 Å². The number of furan rings is 1. The van der Waals surface area contributed by atoms with Gasteiger partial charge in [0.25, 0.3) is 5.91 Å². The van der Waals surface area contributed by atoms with Crippen molar-refractivity contribution in [1.82, 2.24) is 10.3 Å². The Morgan fingerprint density at radius 2 is 2.09 bits per heavy atom. The Balaban J connectivity index is 1.73. The number of carbonyl (C=O) groups is 1. The van der Waals surface area contributed by atoms with Crippen molar-refractivity contribution in [3.8, 4) is 0 Å². The first-order valence-electron chi connectivity index (χ1n) is 7.98. The van der Waals surface area contributed by atoms with Crippen LogP contribution in [0.15, 0.2) is 35.0 Å². The van der Waals surface area contributed by atoms with Crippen molar-refractivity contribution in [2.45, 2.75) is 45.3 Å². The Morgan fingerprint density at radius 3 is 2.65 bits per heavy atom. The molecular weight excluding hydrogens is 292 g/mol. The van der Waals surface area contributed by atoms with Gasteiger partial charge in [0.2, 0.25) is 0 Å². The largest absolute Gasteiger partial charge is 0.466 e. The molecule has 0 radical (unpaired) electrons. The molecule has 5 nitrogen and oxygen atoms in total. The summed E-state index contributed by atoms with van der Waals surface area (Å²) in [7, 11) is 0. The molecule has 0 saturated heterocycles. The highest BCUT2D eigenvalue weighted by atomic mass is 16.3. The van der Waals surface area contributed by atoms with Crippen LogP contribution in [0, 0.1) is 19.8 Å². The summed E-state index contributed by atoms with van der Waals surface area (Å²) in [5.41, 5.74) is 1.72. The van der Waals surface area contributed by atoms with Crippen LogP contribution in [0.4, 0.5) is 0 Å². The maximum Gasteiger partial charge on any atom is 0.255 e. The number of rotatable bonds is 5. The highest BCUT2D eigenvalue weighted by Gasteiger charge is 2.35. The monoisotopic (exact) mass is 314 g/mol. The molecule has 1 fully saturated rings. The second-order valence-electron chi connectivity index (χ2n) is 6.35. The number of pyridine rings is 1. The van der Waals surface area contributed by atoms with Gasteiger partial charge in [0.15, 0.2) is 0 Å². The van der Waals surface area contributed by atoms with E-state index in [0.717, 1.165) is 30.6 Å². The molecule has 2 aromatic rings. The van der Waals surface area contributed by atoms with Crippen LogP contribution in [-0.4, -0.2) is 28.1 Å². The Morgan fingerprint density at radius 1 is 1.39 bits per heavy atom. The van der Waals surface area contributed by atoms with Gasteiger partial charge < -0.3 is 14.8 Å². The van der Waals surface area contributed by atoms with Gasteiger partial charge in [0.1, 0.15) is 11.5 Å². The number of hydrogen-bond donors (Lipinski definition) is 2. The zero-order chi connectivity index (χ0) is 16.4. The molecule has 0 aliphatic heterocycles. The molecule has 122 valence electrons. The summed E-state index contributed by atoms with van der Waals surface area (Å²) in [5, 5.41) is 12.7. The van der Waals surface area contributed by atoms with Gasteiger partial charge in [-0.3, -0.25) is 9.78 Å². The second-order valence-corrected chi connectivity index (χ2v) is 6.35. The smallest absolute Gasteiger partial charge is 0.255 e. The van der Waals surface area contributed by atoms with Crippen molar-refractivity contribution in [1.29, 1.82) is 0 Å². The van der Waals surface area contributed by atoms with E-state index in [-0.39, 0.29) is 18.1 Å². The van der Waals surface area contributed by atoms with Gasteiger partial charge in [-0.15, -0.1) is 0 Å². The summed E-state index contributed by atoms with van der Waals surface area (Å²) in [4.78, 5) is 16.6. The highest BCUT2D eigenvalue weighted by Crippen LogP contribution is 2.32. The SMILES string of the molecule is Cc1cc(C(=O)NC(Cc2ccncc2)C2CC(O)C2)c(C)o1. The van der Waals surface area contributed by atoms with E-state index in [1.807, 2.05) is 19.1 Å². The van der Waals surface area contributed by atoms with Gasteiger partial charge in [-0.25, -0.2) is 0 Å². The predicted molar refractivity (Wildman–Crippen MR) is 86.1 cm³/mol. The van der Waals surface area contributed by atoms with Gasteiger partial charge >= 0.3 is 0 Å². The van der Waals surface area contributed by atoms with E-state index in [1.54, 1.807) is 25.4 Å². The molecule has 23 heavy (non-hydrogen) atoms. The predicted octanol–water partition coefficient (Wildman–Crippen LogP) is 2.40. The number of hydrogen-bond acceptors (Lipinski definition) is 4. The third-order valence-corrected chi connectivity index (χ3v) is 4.53.